The molecule has 1 saturated heterocycles. The van der Waals surface area contributed by atoms with Crippen LogP contribution in [0.2, 0.25) is 0 Å². The number of nitrogens with one attached hydrogen (secondary N) is 1. The molecule has 5 heteroatoms. The number of nitrogens with two attached hydrogens (primary N) is 1. The topological polar surface area (TPSA) is 75.0 Å². The van der Waals surface area contributed by atoms with Crippen molar-refractivity contribution in [3.63, 3.8) is 0 Å². The van der Waals surface area contributed by atoms with Crippen LogP contribution in [0.3, 0.4) is 0 Å². The lowest BCUT2D eigenvalue weighted by atomic mass is 9.72. The predicted octanol–water partition coefficient (Wildman–Crippen LogP) is 1.99. The smallest absolute Gasteiger partial charge is 0.227 e. The van der Waals surface area contributed by atoms with Crippen molar-refractivity contribution in [2.75, 3.05) is 13.1 Å². The van der Waals surface area contributed by atoms with E-state index in [1.165, 1.54) is 0 Å². The Morgan fingerprint density at radius 1 is 1.41 bits per heavy atom. The highest BCUT2D eigenvalue weighted by Crippen LogP contribution is 2.45. The number of carbonyl (C=O) groups excluding carboxylic acids is 1. The Balaban J connectivity index is 2.16. The number of likely N-dealkylation sites (tertiary alicyclic amines) is 1. The van der Waals surface area contributed by atoms with Gasteiger partial charge >= 0.3 is 0 Å². The minimum absolute atomic E-state index is 0.303. The molecule has 0 aliphatic carbocycles. The molecule has 2 atom stereocenters. The monoisotopic (exact) mass is 298 g/mol. The van der Waals surface area contributed by atoms with Crippen LogP contribution in [0.5, 0.6) is 0 Å². The predicted molar refractivity (Wildman–Crippen MR) is 85.1 cm³/mol. The van der Waals surface area contributed by atoms with Crippen molar-refractivity contribution >= 4 is 5.91 Å². The first-order chi connectivity index (χ1) is 10.7. The molecule has 0 bridgehead atoms. The second-order valence-corrected chi connectivity index (χ2v) is 5.82. The molecule has 1 aliphatic rings. The van der Waals surface area contributed by atoms with Crippen molar-refractivity contribution in [2.24, 2.45) is 5.73 Å². The number of rotatable bonds is 6. The first kappa shape index (κ1) is 14.8. The molecule has 2 unspecified atom stereocenters. The molecule has 1 aromatic carbocycles. The number of aromatic amines is 1. The summed E-state index contributed by atoms with van der Waals surface area (Å²) in [6, 6.07) is 9.81. The zero-order valence-corrected chi connectivity index (χ0v) is 12.8. The largest absolute Gasteiger partial charge is 0.369 e. The fraction of sp³-hybridized carbons (Fsp3) is 0.412. The maximum Gasteiger partial charge on any atom is 0.227 e. The van der Waals surface area contributed by atoms with Crippen LogP contribution < -0.4 is 5.73 Å². The van der Waals surface area contributed by atoms with Crippen molar-refractivity contribution in [3.05, 3.63) is 54.1 Å². The summed E-state index contributed by atoms with van der Waals surface area (Å²) in [4.78, 5) is 22.3. The van der Waals surface area contributed by atoms with E-state index >= 15 is 0 Å². The van der Waals surface area contributed by atoms with Gasteiger partial charge in [-0.1, -0.05) is 37.3 Å². The van der Waals surface area contributed by atoms with Gasteiger partial charge in [-0.2, -0.15) is 0 Å². The first-order valence-electron chi connectivity index (χ1n) is 7.78. The summed E-state index contributed by atoms with van der Waals surface area (Å²) in [6.07, 6.45) is 5.48. The van der Waals surface area contributed by atoms with Crippen LogP contribution in [0, 0.1) is 0 Å². The summed E-state index contributed by atoms with van der Waals surface area (Å²) in [7, 11) is 0. The number of H-pyrrole nitrogens is 1. The van der Waals surface area contributed by atoms with Gasteiger partial charge in [-0.25, -0.2) is 4.98 Å². The Bertz CT molecular complexity index is 621. The third kappa shape index (κ3) is 2.22. The molecule has 0 saturated carbocycles. The van der Waals surface area contributed by atoms with Gasteiger partial charge < -0.3 is 10.7 Å². The molecule has 0 radical (unpaired) electrons. The standard InChI is InChI=1S/C17H22N4O/c1-2-17(21-9-6-10-21,14-11-19-12-20-14)15(16(18)22)13-7-4-3-5-8-13/h3-5,7-8,11-12,15H,2,6,9-10H2,1H3,(H2,18,22)(H,19,20). The van der Waals surface area contributed by atoms with Gasteiger partial charge in [0.05, 0.1) is 23.5 Å². The van der Waals surface area contributed by atoms with Gasteiger partial charge in [0.2, 0.25) is 5.91 Å². The zero-order valence-electron chi connectivity index (χ0n) is 12.8. The maximum absolute atomic E-state index is 12.4. The van der Waals surface area contributed by atoms with Crippen LogP contribution in [-0.2, 0) is 10.3 Å². The molecular formula is C17H22N4O. The number of carbonyl (C=O) groups is 1. The van der Waals surface area contributed by atoms with Gasteiger partial charge in [0.1, 0.15) is 0 Å². The Morgan fingerprint density at radius 2 is 2.14 bits per heavy atom. The van der Waals surface area contributed by atoms with Crippen molar-refractivity contribution in [2.45, 2.75) is 31.2 Å². The highest BCUT2D eigenvalue weighted by molar-refractivity contribution is 5.84. The van der Waals surface area contributed by atoms with E-state index in [-0.39, 0.29) is 5.91 Å². The van der Waals surface area contributed by atoms with Gasteiger partial charge in [0, 0.05) is 19.3 Å². The zero-order chi connectivity index (χ0) is 15.6. The van der Waals surface area contributed by atoms with Crippen LogP contribution >= 0.6 is 0 Å². The average Bonchev–Trinajstić information content (AvgIpc) is 2.99. The number of imidazole rings is 1. The second kappa shape index (κ2) is 5.93. The molecule has 22 heavy (non-hydrogen) atoms. The summed E-state index contributed by atoms with van der Waals surface area (Å²) in [5, 5.41) is 0. The number of hydrogen-bond acceptors (Lipinski definition) is 3. The molecule has 1 aliphatic heterocycles. The van der Waals surface area contributed by atoms with Crippen molar-refractivity contribution in [1.82, 2.24) is 14.9 Å². The molecule has 3 N–H and O–H groups in total. The minimum atomic E-state index is -0.481. The molecule has 1 fully saturated rings. The fourth-order valence-electron chi connectivity index (χ4n) is 3.63. The second-order valence-electron chi connectivity index (χ2n) is 5.82. The van der Waals surface area contributed by atoms with Crippen molar-refractivity contribution < 1.29 is 4.79 Å². The van der Waals surface area contributed by atoms with Gasteiger partial charge in [-0.3, -0.25) is 9.69 Å². The number of nitrogens with zero attached hydrogens (tertiary/aromatic N) is 2. The molecule has 2 heterocycles. The van der Waals surface area contributed by atoms with Gasteiger partial charge in [-0.15, -0.1) is 0 Å². The van der Waals surface area contributed by atoms with E-state index in [1.54, 1.807) is 6.33 Å². The van der Waals surface area contributed by atoms with Crippen molar-refractivity contribution in [3.8, 4) is 0 Å². The Labute approximate surface area is 130 Å². The van der Waals surface area contributed by atoms with E-state index in [9.17, 15) is 4.79 Å². The number of aromatic nitrogens is 2. The highest BCUT2D eigenvalue weighted by atomic mass is 16.1. The molecule has 116 valence electrons. The third-order valence-electron chi connectivity index (χ3n) is 4.80. The summed E-state index contributed by atoms with van der Waals surface area (Å²) < 4.78 is 0. The first-order valence-corrected chi connectivity index (χ1v) is 7.78. The normalized spacial score (nSPS) is 19.1. The molecule has 1 aromatic heterocycles. The number of hydrogen-bond donors (Lipinski definition) is 2. The maximum atomic E-state index is 12.4. The molecule has 3 rings (SSSR count). The number of primary amides is 1. The van der Waals surface area contributed by atoms with Crippen LogP contribution in [0.15, 0.2) is 42.9 Å². The number of benzene rings is 1. The molecule has 1 amide bonds. The van der Waals surface area contributed by atoms with Crippen LogP contribution in [0.1, 0.15) is 36.9 Å². The SMILES string of the molecule is CCC(c1c[nH]cn1)(C(C(N)=O)c1ccccc1)N1CCC1. The Morgan fingerprint density at radius 3 is 2.59 bits per heavy atom. The Kier molecular flexibility index (Phi) is 3.98. The average molecular weight is 298 g/mol. The molecular weight excluding hydrogens is 276 g/mol. The lowest BCUT2D eigenvalue weighted by Gasteiger charge is -2.51. The molecule has 2 aromatic rings. The lowest BCUT2D eigenvalue weighted by molar-refractivity contribution is -0.125. The van der Waals surface area contributed by atoms with E-state index in [0.717, 1.165) is 37.2 Å². The number of amides is 1. The van der Waals surface area contributed by atoms with Crippen LogP contribution in [-0.4, -0.2) is 33.9 Å². The summed E-state index contributed by atoms with van der Waals surface area (Å²) in [6.45, 7) is 4.04. The highest BCUT2D eigenvalue weighted by Gasteiger charge is 2.50. The van der Waals surface area contributed by atoms with E-state index in [2.05, 4.69) is 21.8 Å². The third-order valence-corrected chi connectivity index (χ3v) is 4.80. The quantitative estimate of drug-likeness (QED) is 0.856. The summed E-state index contributed by atoms with van der Waals surface area (Å²) in [5.41, 5.74) is 7.21. The lowest BCUT2D eigenvalue weighted by Crippen LogP contribution is -2.58. The Hall–Kier alpha value is -2.14. The van der Waals surface area contributed by atoms with Crippen LogP contribution in [0.4, 0.5) is 0 Å². The van der Waals surface area contributed by atoms with E-state index in [1.807, 2.05) is 36.5 Å². The van der Waals surface area contributed by atoms with Gasteiger partial charge in [0.15, 0.2) is 0 Å². The van der Waals surface area contributed by atoms with Gasteiger partial charge in [0.25, 0.3) is 0 Å². The van der Waals surface area contributed by atoms with Crippen LogP contribution in [0.25, 0.3) is 0 Å². The van der Waals surface area contributed by atoms with E-state index in [4.69, 9.17) is 5.73 Å². The molecule has 5 nitrogen and oxygen atoms in total. The van der Waals surface area contributed by atoms with E-state index in [0.29, 0.717) is 0 Å². The van der Waals surface area contributed by atoms with Crippen molar-refractivity contribution in [1.29, 1.82) is 0 Å². The fourth-order valence-corrected chi connectivity index (χ4v) is 3.63. The van der Waals surface area contributed by atoms with Gasteiger partial charge in [-0.05, 0) is 18.4 Å². The minimum Gasteiger partial charge on any atom is -0.369 e. The summed E-state index contributed by atoms with van der Waals surface area (Å²) >= 11 is 0. The summed E-state index contributed by atoms with van der Waals surface area (Å²) in [5.74, 6) is -0.717. The van der Waals surface area contributed by atoms with E-state index < -0.39 is 11.5 Å². The molecule has 0 spiro atoms.